The van der Waals surface area contributed by atoms with Crippen LogP contribution in [0.15, 0.2) is 12.4 Å². The molecule has 2 N–H and O–H groups in total. The van der Waals surface area contributed by atoms with Gasteiger partial charge in [-0.05, 0) is 25.7 Å². The zero-order valence-corrected chi connectivity index (χ0v) is 10.4. The Morgan fingerprint density at radius 3 is 3.12 bits per heavy atom. The van der Waals surface area contributed by atoms with Crippen LogP contribution in [0.4, 0.5) is 0 Å². The predicted molar refractivity (Wildman–Crippen MR) is 66.2 cm³/mol. The molecule has 1 aromatic heterocycles. The third kappa shape index (κ3) is 2.85. The van der Waals surface area contributed by atoms with Gasteiger partial charge in [0.2, 0.25) is 0 Å². The van der Waals surface area contributed by atoms with E-state index < -0.39 is 0 Å². The normalized spacial score (nSPS) is 27.9. The SMILES string of the molecule is CCC1CCCC(NC(C)c2ncc[nH]2)C1. The fraction of sp³-hybridized carbons (Fsp3) is 0.769. The molecule has 0 aliphatic heterocycles. The van der Waals surface area contributed by atoms with Crippen molar-refractivity contribution in [1.82, 2.24) is 15.3 Å². The smallest absolute Gasteiger partial charge is 0.122 e. The van der Waals surface area contributed by atoms with Gasteiger partial charge in [0.1, 0.15) is 5.82 Å². The summed E-state index contributed by atoms with van der Waals surface area (Å²) in [5.74, 6) is 1.98. The topological polar surface area (TPSA) is 40.7 Å². The van der Waals surface area contributed by atoms with E-state index in [1.807, 2.05) is 12.4 Å². The van der Waals surface area contributed by atoms with Gasteiger partial charge < -0.3 is 10.3 Å². The van der Waals surface area contributed by atoms with E-state index in [-0.39, 0.29) is 0 Å². The minimum Gasteiger partial charge on any atom is -0.347 e. The number of H-pyrrole nitrogens is 1. The summed E-state index contributed by atoms with van der Waals surface area (Å²) in [5, 5.41) is 3.69. The van der Waals surface area contributed by atoms with Gasteiger partial charge in [0, 0.05) is 18.4 Å². The number of nitrogens with one attached hydrogen (secondary N) is 2. The number of nitrogens with zero attached hydrogens (tertiary/aromatic N) is 1. The first-order chi connectivity index (χ1) is 7.79. The maximum atomic E-state index is 4.30. The molecule has 3 atom stereocenters. The average Bonchev–Trinajstić information content (AvgIpc) is 2.83. The number of rotatable bonds is 4. The summed E-state index contributed by atoms with van der Waals surface area (Å²) in [6.45, 7) is 4.50. The van der Waals surface area contributed by atoms with Crippen molar-refractivity contribution in [3.8, 4) is 0 Å². The van der Waals surface area contributed by atoms with Crippen molar-refractivity contribution < 1.29 is 0 Å². The molecular weight excluding hydrogens is 198 g/mol. The van der Waals surface area contributed by atoms with Crippen LogP contribution >= 0.6 is 0 Å². The standard InChI is InChI=1S/C13H23N3/c1-3-11-5-4-6-12(9-11)16-10(2)13-14-7-8-15-13/h7-8,10-12,16H,3-6,9H2,1-2H3,(H,14,15). The van der Waals surface area contributed by atoms with E-state index in [1.165, 1.54) is 32.1 Å². The van der Waals surface area contributed by atoms with Gasteiger partial charge >= 0.3 is 0 Å². The summed E-state index contributed by atoms with van der Waals surface area (Å²) in [6.07, 6.45) is 10.5. The number of aromatic amines is 1. The fourth-order valence-electron chi connectivity index (χ4n) is 2.76. The third-order valence-corrected chi connectivity index (χ3v) is 3.78. The second kappa shape index (κ2) is 5.48. The van der Waals surface area contributed by atoms with Crippen LogP contribution in [0, 0.1) is 5.92 Å². The molecule has 0 spiro atoms. The minimum absolute atomic E-state index is 0.343. The maximum absolute atomic E-state index is 4.30. The van der Waals surface area contributed by atoms with E-state index in [1.54, 1.807) is 0 Å². The van der Waals surface area contributed by atoms with Crippen molar-refractivity contribution in [1.29, 1.82) is 0 Å². The first-order valence-corrected chi connectivity index (χ1v) is 6.55. The molecule has 1 aliphatic rings. The molecule has 16 heavy (non-hydrogen) atoms. The largest absolute Gasteiger partial charge is 0.347 e. The first-order valence-electron chi connectivity index (χ1n) is 6.55. The van der Waals surface area contributed by atoms with Crippen LogP contribution in [0.5, 0.6) is 0 Å². The molecule has 1 heterocycles. The van der Waals surface area contributed by atoms with Crippen molar-refractivity contribution in [2.75, 3.05) is 0 Å². The van der Waals surface area contributed by atoms with Crippen LogP contribution in [0.3, 0.4) is 0 Å². The Kier molecular flexibility index (Phi) is 3.99. The minimum atomic E-state index is 0.343. The fourth-order valence-corrected chi connectivity index (χ4v) is 2.76. The summed E-state index contributed by atoms with van der Waals surface area (Å²) in [7, 11) is 0. The lowest BCUT2D eigenvalue weighted by atomic mass is 9.84. The van der Waals surface area contributed by atoms with Crippen LogP contribution in [0.1, 0.15) is 57.8 Å². The summed E-state index contributed by atoms with van der Waals surface area (Å²) in [6, 6.07) is 1.02. The Hall–Kier alpha value is -0.830. The molecule has 1 aromatic rings. The van der Waals surface area contributed by atoms with Gasteiger partial charge in [0.25, 0.3) is 0 Å². The van der Waals surface area contributed by atoms with Gasteiger partial charge in [-0.15, -0.1) is 0 Å². The van der Waals surface area contributed by atoms with Crippen LogP contribution in [0.2, 0.25) is 0 Å². The Balaban J connectivity index is 1.84. The van der Waals surface area contributed by atoms with E-state index in [0.29, 0.717) is 12.1 Å². The van der Waals surface area contributed by atoms with Crippen molar-refractivity contribution in [3.63, 3.8) is 0 Å². The Morgan fingerprint density at radius 2 is 2.44 bits per heavy atom. The number of hydrogen-bond donors (Lipinski definition) is 2. The summed E-state index contributed by atoms with van der Waals surface area (Å²) >= 11 is 0. The van der Waals surface area contributed by atoms with E-state index in [2.05, 4.69) is 29.1 Å². The Bertz CT molecular complexity index is 294. The molecule has 0 radical (unpaired) electrons. The molecule has 3 heteroatoms. The molecule has 1 saturated carbocycles. The van der Waals surface area contributed by atoms with Crippen LogP contribution in [-0.4, -0.2) is 16.0 Å². The van der Waals surface area contributed by atoms with Crippen molar-refractivity contribution in [2.24, 2.45) is 5.92 Å². The summed E-state index contributed by atoms with van der Waals surface area (Å²) < 4.78 is 0. The molecule has 0 aromatic carbocycles. The van der Waals surface area contributed by atoms with Gasteiger partial charge in [-0.3, -0.25) is 0 Å². The van der Waals surface area contributed by atoms with Crippen molar-refractivity contribution >= 4 is 0 Å². The summed E-state index contributed by atoms with van der Waals surface area (Å²) in [5.41, 5.74) is 0. The van der Waals surface area contributed by atoms with Gasteiger partial charge in [-0.25, -0.2) is 4.98 Å². The van der Waals surface area contributed by atoms with Crippen molar-refractivity contribution in [3.05, 3.63) is 18.2 Å². The van der Waals surface area contributed by atoms with Gasteiger partial charge in [0.15, 0.2) is 0 Å². The van der Waals surface area contributed by atoms with Gasteiger partial charge in [-0.1, -0.05) is 26.2 Å². The number of aromatic nitrogens is 2. The molecule has 1 fully saturated rings. The molecular formula is C13H23N3. The molecule has 0 bridgehead atoms. The zero-order chi connectivity index (χ0) is 11.4. The second-order valence-corrected chi connectivity index (χ2v) is 5.00. The molecule has 3 unspecified atom stereocenters. The lowest BCUT2D eigenvalue weighted by molar-refractivity contribution is 0.264. The highest BCUT2D eigenvalue weighted by Crippen LogP contribution is 2.27. The van der Waals surface area contributed by atoms with E-state index >= 15 is 0 Å². The first kappa shape index (κ1) is 11.6. The maximum Gasteiger partial charge on any atom is 0.122 e. The highest BCUT2D eigenvalue weighted by atomic mass is 15.0. The molecule has 90 valence electrons. The lowest BCUT2D eigenvalue weighted by Gasteiger charge is -2.31. The average molecular weight is 221 g/mol. The van der Waals surface area contributed by atoms with Crippen LogP contribution in [0.25, 0.3) is 0 Å². The molecule has 0 saturated heterocycles. The lowest BCUT2D eigenvalue weighted by Crippen LogP contribution is -2.36. The Labute approximate surface area is 98.1 Å². The molecule has 0 amide bonds. The third-order valence-electron chi connectivity index (χ3n) is 3.78. The Morgan fingerprint density at radius 1 is 1.56 bits per heavy atom. The van der Waals surface area contributed by atoms with E-state index in [9.17, 15) is 0 Å². The quantitative estimate of drug-likeness (QED) is 0.820. The monoisotopic (exact) mass is 221 g/mol. The predicted octanol–water partition coefficient (Wildman–Crippen LogP) is 3.03. The molecule has 1 aliphatic carbocycles. The summed E-state index contributed by atoms with van der Waals surface area (Å²) in [4.78, 5) is 7.48. The number of hydrogen-bond acceptors (Lipinski definition) is 2. The van der Waals surface area contributed by atoms with Gasteiger partial charge in [-0.2, -0.15) is 0 Å². The van der Waals surface area contributed by atoms with Crippen LogP contribution in [-0.2, 0) is 0 Å². The highest BCUT2D eigenvalue weighted by Gasteiger charge is 2.22. The molecule has 2 rings (SSSR count). The second-order valence-electron chi connectivity index (χ2n) is 5.00. The van der Waals surface area contributed by atoms with Gasteiger partial charge in [0.05, 0.1) is 6.04 Å². The zero-order valence-electron chi connectivity index (χ0n) is 10.4. The molecule has 3 nitrogen and oxygen atoms in total. The highest BCUT2D eigenvalue weighted by molar-refractivity contribution is 4.95. The number of imidazole rings is 1. The van der Waals surface area contributed by atoms with E-state index in [4.69, 9.17) is 0 Å². The van der Waals surface area contributed by atoms with Crippen molar-refractivity contribution in [2.45, 2.75) is 58.0 Å². The van der Waals surface area contributed by atoms with Crippen LogP contribution < -0.4 is 5.32 Å². The van der Waals surface area contributed by atoms with E-state index in [0.717, 1.165) is 11.7 Å².